The lowest BCUT2D eigenvalue weighted by Crippen LogP contribution is -2.51. The molecule has 0 radical (unpaired) electrons. The fourth-order valence-electron chi connectivity index (χ4n) is 5.37. The predicted octanol–water partition coefficient (Wildman–Crippen LogP) is 3.66. The standard InChI is InChI=1S/C26H26F4N2O5S/c1-13-3-4-14(9-22(13)38(2,35)36)25(34)32-20-7-15(20)8-21(32)24(33)31-23(16-11-37-12-16)18-6-5-17(10-19(18)27)26(28,29)30/h3-6,9-10,15-16,20-21,23H,7-8,11-12H2,1-2H3,(H,31,33)/t15-,20-,21-,23?/m1/s1. The summed E-state index contributed by atoms with van der Waals surface area (Å²) in [5.74, 6) is -2.35. The van der Waals surface area contributed by atoms with Crippen molar-refractivity contribution in [2.75, 3.05) is 19.5 Å². The van der Waals surface area contributed by atoms with Gasteiger partial charge in [0.05, 0.1) is 29.7 Å². The van der Waals surface area contributed by atoms with Crippen LogP contribution in [0.5, 0.6) is 0 Å². The zero-order valence-corrected chi connectivity index (χ0v) is 21.4. The molecule has 3 aliphatic rings. The number of alkyl halides is 3. The number of amides is 2. The second-order valence-electron chi connectivity index (χ2n) is 10.3. The highest BCUT2D eigenvalue weighted by molar-refractivity contribution is 7.90. The second-order valence-corrected chi connectivity index (χ2v) is 12.3. The fraction of sp³-hybridized carbons (Fsp3) is 0.462. The number of nitrogens with zero attached hydrogens (tertiary/aromatic N) is 1. The maximum atomic E-state index is 14.8. The summed E-state index contributed by atoms with van der Waals surface area (Å²) in [5.41, 5.74) is -0.586. The molecule has 3 fully saturated rings. The van der Waals surface area contributed by atoms with Crippen LogP contribution in [0, 0.1) is 24.6 Å². The van der Waals surface area contributed by atoms with Crippen molar-refractivity contribution in [1.29, 1.82) is 0 Å². The molecule has 2 aliphatic heterocycles. The molecule has 7 nitrogen and oxygen atoms in total. The van der Waals surface area contributed by atoms with E-state index in [1.54, 1.807) is 13.0 Å². The van der Waals surface area contributed by atoms with Gasteiger partial charge in [0, 0.05) is 29.3 Å². The minimum absolute atomic E-state index is 0.0266. The molecule has 1 N–H and O–H groups in total. The monoisotopic (exact) mass is 554 g/mol. The lowest BCUT2D eigenvalue weighted by Gasteiger charge is -2.36. The Kier molecular flexibility index (Phi) is 6.54. The van der Waals surface area contributed by atoms with Gasteiger partial charge in [-0.2, -0.15) is 13.2 Å². The number of rotatable bonds is 6. The third-order valence-corrected chi connectivity index (χ3v) is 8.81. The average molecular weight is 555 g/mol. The highest BCUT2D eigenvalue weighted by Gasteiger charge is 2.56. The maximum Gasteiger partial charge on any atom is 0.416 e. The average Bonchev–Trinajstić information content (AvgIpc) is 3.45. The van der Waals surface area contributed by atoms with Gasteiger partial charge in [-0.05, 0) is 55.5 Å². The Hall–Kier alpha value is -2.99. The van der Waals surface area contributed by atoms with Crippen LogP contribution >= 0.6 is 0 Å². The molecule has 1 unspecified atom stereocenters. The van der Waals surface area contributed by atoms with Gasteiger partial charge in [0.15, 0.2) is 9.84 Å². The number of hydrogen-bond acceptors (Lipinski definition) is 5. The van der Waals surface area contributed by atoms with Crippen LogP contribution in [0.1, 0.15) is 45.9 Å². The van der Waals surface area contributed by atoms with E-state index in [-0.39, 0.29) is 47.1 Å². The number of likely N-dealkylation sites (tertiary alicyclic amines) is 1. The molecule has 0 bridgehead atoms. The molecule has 38 heavy (non-hydrogen) atoms. The van der Waals surface area contributed by atoms with Gasteiger partial charge in [0.25, 0.3) is 5.91 Å². The molecule has 2 aromatic rings. The number of hydrogen-bond donors (Lipinski definition) is 1. The smallest absolute Gasteiger partial charge is 0.381 e. The summed E-state index contributed by atoms with van der Waals surface area (Å²) in [6.07, 6.45) is -2.56. The van der Waals surface area contributed by atoms with Crippen molar-refractivity contribution < 1.29 is 40.3 Å². The minimum atomic E-state index is -4.71. The first kappa shape index (κ1) is 26.6. The molecular formula is C26H26F4N2O5S. The van der Waals surface area contributed by atoms with Crippen LogP contribution in [0.3, 0.4) is 0 Å². The summed E-state index contributed by atoms with van der Waals surface area (Å²) < 4.78 is 83.4. The molecule has 2 aromatic carbocycles. The van der Waals surface area contributed by atoms with Gasteiger partial charge in [0.2, 0.25) is 5.91 Å². The van der Waals surface area contributed by atoms with Gasteiger partial charge >= 0.3 is 6.18 Å². The molecule has 12 heteroatoms. The molecule has 2 heterocycles. The third kappa shape index (κ3) is 4.91. The lowest BCUT2D eigenvalue weighted by molar-refractivity contribution is -0.138. The SMILES string of the molecule is Cc1ccc(C(=O)N2[C@@H](C(=O)NC(c3ccc(C(F)(F)F)cc3F)C3COC3)C[C@H]3C[C@H]32)cc1S(C)(=O)=O. The molecular weight excluding hydrogens is 528 g/mol. The number of halogens is 4. The highest BCUT2D eigenvalue weighted by atomic mass is 32.2. The van der Waals surface area contributed by atoms with Crippen LogP contribution in [-0.4, -0.2) is 56.7 Å². The molecule has 1 saturated carbocycles. The van der Waals surface area contributed by atoms with E-state index in [9.17, 15) is 35.6 Å². The largest absolute Gasteiger partial charge is 0.416 e. The summed E-state index contributed by atoms with van der Waals surface area (Å²) in [6, 6.07) is 4.58. The van der Waals surface area contributed by atoms with Crippen LogP contribution in [0.25, 0.3) is 0 Å². The fourth-order valence-corrected chi connectivity index (χ4v) is 6.36. The first-order valence-corrected chi connectivity index (χ1v) is 14.0. The van der Waals surface area contributed by atoms with E-state index >= 15 is 0 Å². The Morgan fingerprint density at radius 3 is 2.39 bits per heavy atom. The number of aryl methyl sites for hydroxylation is 1. The van der Waals surface area contributed by atoms with E-state index in [2.05, 4.69) is 5.32 Å². The van der Waals surface area contributed by atoms with Crippen molar-refractivity contribution >= 4 is 21.7 Å². The first-order chi connectivity index (χ1) is 17.8. The summed E-state index contributed by atoms with van der Waals surface area (Å²) in [4.78, 5) is 28.4. The molecule has 4 atom stereocenters. The number of carbonyl (C=O) groups excluding carboxylic acids is 2. The van der Waals surface area contributed by atoms with Gasteiger partial charge in [0.1, 0.15) is 11.9 Å². The molecule has 204 valence electrons. The van der Waals surface area contributed by atoms with Gasteiger partial charge in [-0.15, -0.1) is 0 Å². The summed E-state index contributed by atoms with van der Waals surface area (Å²) in [7, 11) is -3.58. The number of piperidine rings is 1. The molecule has 0 spiro atoms. The number of fused-ring (bicyclic) bond motifs is 1. The zero-order chi connectivity index (χ0) is 27.6. The summed E-state index contributed by atoms with van der Waals surface area (Å²) in [6.45, 7) is 2.02. The Balaban J connectivity index is 1.40. The van der Waals surface area contributed by atoms with Gasteiger partial charge < -0.3 is 15.0 Å². The number of sulfone groups is 1. The van der Waals surface area contributed by atoms with Crippen molar-refractivity contribution in [3.05, 3.63) is 64.5 Å². The van der Waals surface area contributed by atoms with E-state index in [0.717, 1.165) is 18.4 Å². The Morgan fingerprint density at radius 1 is 1.11 bits per heavy atom. The first-order valence-electron chi connectivity index (χ1n) is 12.1. The molecule has 1 aliphatic carbocycles. The lowest BCUT2D eigenvalue weighted by atomic mass is 9.90. The van der Waals surface area contributed by atoms with Crippen LogP contribution in [-0.2, 0) is 25.5 Å². The van der Waals surface area contributed by atoms with E-state index in [4.69, 9.17) is 4.74 Å². The number of ether oxygens (including phenoxy) is 1. The van der Waals surface area contributed by atoms with E-state index in [1.807, 2.05) is 0 Å². The van der Waals surface area contributed by atoms with Crippen molar-refractivity contribution in [2.45, 2.75) is 49.0 Å². The van der Waals surface area contributed by atoms with Gasteiger partial charge in [-0.1, -0.05) is 12.1 Å². The van der Waals surface area contributed by atoms with Crippen molar-refractivity contribution in [3.8, 4) is 0 Å². The number of nitrogens with one attached hydrogen (secondary N) is 1. The third-order valence-electron chi connectivity index (χ3n) is 7.57. The van der Waals surface area contributed by atoms with Crippen LogP contribution in [0.15, 0.2) is 41.3 Å². The van der Waals surface area contributed by atoms with E-state index in [1.165, 1.54) is 17.0 Å². The predicted molar refractivity (Wildman–Crippen MR) is 127 cm³/mol. The molecule has 0 aromatic heterocycles. The second kappa shape index (κ2) is 9.33. The quantitative estimate of drug-likeness (QED) is 0.551. The number of carbonyl (C=O) groups is 2. The maximum absolute atomic E-state index is 14.8. The zero-order valence-electron chi connectivity index (χ0n) is 20.6. The van der Waals surface area contributed by atoms with Crippen molar-refractivity contribution in [2.24, 2.45) is 11.8 Å². The Morgan fingerprint density at radius 2 is 1.82 bits per heavy atom. The van der Waals surface area contributed by atoms with Crippen LogP contribution in [0.4, 0.5) is 17.6 Å². The van der Waals surface area contributed by atoms with Gasteiger partial charge in [-0.3, -0.25) is 9.59 Å². The Bertz CT molecular complexity index is 1410. The van der Waals surface area contributed by atoms with Crippen LogP contribution in [0.2, 0.25) is 0 Å². The normalized spacial score (nSPS) is 23.9. The molecule has 5 rings (SSSR count). The van der Waals surface area contributed by atoms with Crippen LogP contribution < -0.4 is 5.32 Å². The summed E-state index contributed by atoms with van der Waals surface area (Å²) in [5, 5.41) is 2.77. The van der Waals surface area contributed by atoms with Gasteiger partial charge in [-0.25, -0.2) is 12.8 Å². The summed E-state index contributed by atoms with van der Waals surface area (Å²) >= 11 is 0. The minimum Gasteiger partial charge on any atom is -0.381 e. The topological polar surface area (TPSA) is 92.8 Å². The Labute approximate surface area is 217 Å². The number of benzene rings is 2. The van der Waals surface area contributed by atoms with E-state index in [0.29, 0.717) is 24.5 Å². The molecule has 2 saturated heterocycles. The highest BCUT2D eigenvalue weighted by Crippen LogP contribution is 2.49. The van der Waals surface area contributed by atoms with Crippen molar-refractivity contribution in [3.63, 3.8) is 0 Å². The van der Waals surface area contributed by atoms with E-state index < -0.39 is 51.3 Å². The molecule has 2 amide bonds. The van der Waals surface area contributed by atoms with Crippen molar-refractivity contribution in [1.82, 2.24) is 10.2 Å².